The van der Waals surface area contributed by atoms with Crippen LogP contribution < -0.4 is 10.3 Å². The average Bonchev–Trinajstić information content (AvgIpc) is 3.25. The molecule has 0 aliphatic carbocycles. The van der Waals surface area contributed by atoms with Crippen LogP contribution in [-0.2, 0) is 10.8 Å². The molecule has 0 spiro atoms. The Hall–Kier alpha value is -4.08. The number of aromatic amines is 1. The molecule has 0 radical (unpaired) electrons. The van der Waals surface area contributed by atoms with Gasteiger partial charge in [-0.05, 0) is 66.8 Å². The molecule has 2 N–H and O–H groups in total. The summed E-state index contributed by atoms with van der Waals surface area (Å²) < 4.78 is 19.0. The maximum absolute atomic E-state index is 12.7. The number of H-pyrrole nitrogens is 1. The molecule has 0 bridgehead atoms. The van der Waals surface area contributed by atoms with Gasteiger partial charge in [0.15, 0.2) is 4.77 Å². The molecular formula is C26H19N3O4S2. The monoisotopic (exact) mass is 501 g/mol. The molecule has 0 saturated heterocycles. The third kappa shape index (κ3) is 4.51. The van der Waals surface area contributed by atoms with E-state index >= 15 is 0 Å². The van der Waals surface area contributed by atoms with E-state index < -0.39 is 16.4 Å². The van der Waals surface area contributed by atoms with Crippen molar-refractivity contribution in [3.63, 3.8) is 0 Å². The number of aromatic hydroxyl groups is 1. The number of fused-ring (bicyclic) bond motifs is 1. The van der Waals surface area contributed by atoms with E-state index in [4.69, 9.17) is 17.0 Å². The summed E-state index contributed by atoms with van der Waals surface area (Å²) in [5.41, 5.74) is 2.15. The Balaban J connectivity index is 1.52. The van der Waals surface area contributed by atoms with E-state index in [0.717, 1.165) is 5.56 Å². The number of aliphatic imine (C=N–C) groups is 1. The predicted octanol–water partition coefficient (Wildman–Crippen LogP) is 5.39. The lowest BCUT2D eigenvalue weighted by atomic mass is 10.1. The van der Waals surface area contributed by atoms with Gasteiger partial charge in [0.2, 0.25) is 5.88 Å². The molecule has 1 unspecified atom stereocenters. The number of nitrogens with zero attached hydrogens (tertiary/aromatic N) is 2. The summed E-state index contributed by atoms with van der Waals surface area (Å²) in [6.45, 7) is 0. The number of benzene rings is 3. The molecule has 9 heteroatoms. The molecule has 4 aromatic rings. The van der Waals surface area contributed by atoms with Crippen LogP contribution in [-0.4, -0.2) is 31.3 Å². The van der Waals surface area contributed by atoms with Gasteiger partial charge in [0.1, 0.15) is 17.1 Å². The van der Waals surface area contributed by atoms with Gasteiger partial charge < -0.3 is 9.84 Å². The molecule has 0 saturated carbocycles. The van der Waals surface area contributed by atoms with E-state index in [0.29, 0.717) is 33.3 Å². The first kappa shape index (κ1) is 22.7. The number of ether oxygens (including phenoxy) is 1. The molecule has 3 aromatic carbocycles. The number of hydrogen-bond acceptors (Lipinski definition) is 6. The summed E-state index contributed by atoms with van der Waals surface area (Å²) >= 11 is 5.33. The summed E-state index contributed by atoms with van der Waals surface area (Å²) in [7, 11) is -1.13. The minimum Gasteiger partial charge on any atom is -0.494 e. The first-order valence-electron chi connectivity index (χ1n) is 10.6. The highest BCUT2D eigenvalue weighted by atomic mass is 32.2. The van der Waals surface area contributed by atoms with Gasteiger partial charge in [-0.25, -0.2) is 0 Å². The van der Waals surface area contributed by atoms with Gasteiger partial charge in [-0.1, -0.05) is 24.3 Å². The molecule has 0 fully saturated rings. The number of rotatable bonds is 5. The number of allylic oxidation sites excluding steroid dienone is 1. The number of aromatic nitrogens is 2. The Morgan fingerprint density at radius 2 is 1.77 bits per heavy atom. The molecule has 1 aliphatic heterocycles. The molecule has 5 rings (SSSR count). The second-order valence-corrected chi connectivity index (χ2v) is 9.50. The van der Waals surface area contributed by atoms with E-state index in [1.54, 1.807) is 61.0 Å². The second kappa shape index (κ2) is 9.28. The summed E-state index contributed by atoms with van der Waals surface area (Å²) in [6.07, 6.45) is 4.77. The van der Waals surface area contributed by atoms with Crippen molar-refractivity contribution < 1.29 is 14.1 Å². The van der Waals surface area contributed by atoms with Crippen LogP contribution in [0.4, 0.5) is 5.69 Å². The van der Waals surface area contributed by atoms with E-state index in [-0.39, 0.29) is 16.2 Å². The van der Waals surface area contributed by atoms with Crippen molar-refractivity contribution in [1.29, 1.82) is 0 Å². The third-order valence-corrected chi connectivity index (χ3v) is 6.65. The molecule has 1 aliphatic rings. The first-order chi connectivity index (χ1) is 16.9. The van der Waals surface area contributed by atoms with Crippen molar-refractivity contribution in [1.82, 2.24) is 9.55 Å². The number of para-hydroxylation sites is 1. The Kier molecular flexibility index (Phi) is 6.02. The molecule has 2 heterocycles. The van der Waals surface area contributed by atoms with Crippen molar-refractivity contribution in [3.8, 4) is 23.1 Å². The van der Waals surface area contributed by atoms with Crippen LogP contribution in [0, 0.1) is 4.77 Å². The summed E-state index contributed by atoms with van der Waals surface area (Å²) in [5.74, 6) is 1.02. The molecule has 1 atom stereocenters. The SMILES string of the molecule is CS(=O)c1ccc2c(c1)N=CC2=Cc1c(O)n(-c2ccc(Oc3ccccc3)cc2)c(=S)[nH]c1=O. The third-order valence-electron chi connectivity index (χ3n) is 5.45. The molecule has 35 heavy (non-hydrogen) atoms. The Bertz CT molecular complexity index is 1640. The molecular weight excluding hydrogens is 482 g/mol. The number of hydrogen-bond donors (Lipinski definition) is 2. The zero-order valence-electron chi connectivity index (χ0n) is 18.5. The lowest BCUT2D eigenvalue weighted by Gasteiger charge is -2.13. The van der Waals surface area contributed by atoms with Crippen molar-refractivity contribution >= 4 is 46.6 Å². The first-order valence-corrected chi connectivity index (χ1v) is 12.5. The van der Waals surface area contributed by atoms with Crippen molar-refractivity contribution in [2.75, 3.05) is 6.26 Å². The fourth-order valence-corrected chi connectivity index (χ4v) is 4.54. The lowest BCUT2D eigenvalue weighted by molar-refractivity contribution is 0.431. The normalized spacial score (nSPS) is 14.1. The second-order valence-electron chi connectivity index (χ2n) is 7.73. The average molecular weight is 502 g/mol. The van der Waals surface area contributed by atoms with Gasteiger partial charge in [-0.3, -0.25) is 23.5 Å². The van der Waals surface area contributed by atoms with Crippen LogP contribution in [0.5, 0.6) is 17.4 Å². The van der Waals surface area contributed by atoms with Crippen LogP contribution in [0.3, 0.4) is 0 Å². The van der Waals surface area contributed by atoms with Crippen molar-refractivity contribution in [3.05, 3.63) is 99.0 Å². The predicted molar refractivity (Wildman–Crippen MR) is 140 cm³/mol. The highest BCUT2D eigenvalue weighted by Crippen LogP contribution is 2.35. The van der Waals surface area contributed by atoms with E-state index in [2.05, 4.69) is 9.98 Å². The van der Waals surface area contributed by atoms with Gasteiger partial charge in [-0.15, -0.1) is 0 Å². The van der Waals surface area contributed by atoms with E-state index in [1.807, 2.05) is 30.3 Å². The fraction of sp³-hybridized carbons (Fsp3) is 0.0385. The molecule has 174 valence electrons. The van der Waals surface area contributed by atoms with Crippen molar-refractivity contribution in [2.45, 2.75) is 4.90 Å². The lowest BCUT2D eigenvalue weighted by Crippen LogP contribution is -2.16. The summed E-state index contributed by atoms with van der Waals surface area (Å²) in [6, 6.07) is 21.7. The summed E-state index contributed by atoms with van der Waals surface area (Å²) in [5, 5.41) is 11.0. The minimum absolute atomic E-state index is 0.0423. The van der Waals surface area contributed by atoms with Crippen LogP contribution in [0.25, 0.3) is 17.3 Å². The Labute approximate surface area is 208 Å². The Morgan fingerprint density at radius 3 is 2.49 bits per heavy atom. The van der Waals surface area contributed by atoms with Gasteiger partial charge in [0.25, 0.3) is 5.56 Å². The van der Waals surface area contributed by atoms with E-state index in [9.17, 15) is 14.1 Å². The molecule has 7 nitrogen and oxygen atoms in total. The van der Waals surface area contributed by atoms with E-state index in [1.165, 1.54) is 4.57 Å². The van der Waals surface area contributed by atoms with Gasteiger partial charge >= 0.3 is 0 Å². The standard InChI is InChI=1S/C26H19N3O4S2/c1-35(32)20-11-12-21-16(15-27-23(21)14-20)13-22-24(30)28-26(34)29(25(22)31)17-7-9-19(10-8-17)33-18-5-3-2-4-6-18/h2-15,31H,1H3,(H,28,30,34). The number of nitrogens with one attached hydrogen (secondary N) is 1. The zero-order valence-corrected chi connectivity index (χ0v) is 20.1. The minimum atomic E-state index is -1.13. The smallest absolute Gasteiger partial charge is 0.262 e. The zero-order chi connectivity index (χ0) is 24.5. The molecule has 0 amide bonds. The van der Waals surface area contributed by atoms with Crippen LogP contribution in [0.2, 0.25) is 0 Å². The van der Waals surface area contributed by atoms with Crippen LogP contribution in [0.1, 0.15) is 11.1 Å². The van der Waals surface area contributed by atoms with Crippen molar-refractivity contribution in [2.24, 2.45) is 4.99 Å². The highest BCUT2D eigenvalue weighted by molar-refractivity contribution is 7.84. The maximum atomic E-state index is 12.7. The Morgan fingerprint density at radius 1 is 1.06 bits per heavy atom. The highest BCUT2D eigenvalue weighted by Gasteiger charge is 2.18. The van der Waals surface area contributed by atoms with Gasteiger partial charge in [-0.2, -0.15) is 0 Å². The fourth-order valence-electron chi connectivity index (χ4n) is 3.72. The molecule has 1 aromatic heterocycles. The van der Waals surface area contributed by atoms with Crippen LogP contribution in [0.15, 0.2) is 87.5 Å². The summed E-state index contributed by atoms with van der Waals surface area (Å²) in [4.78, 5) is 20.3. The van der Waals surface area contributed by atoms with Crippen LogP contribution >= 0.6 is 12.2 Å². The van der Waals surface area contributed by atoms with Gasteiger partial charge in [0.05, 0.1) is 11.4 Å². The maximum Gasteiger partial charge on any atom is 0.262 e. The largest absolute Gasteiger partial charge is 0.494 e. The van der Waals surface area contributed by atoms with Gasteiger partial charge in [0, 0.05) is 39.3 Å². The quantitative estimate of drug-likeness (QED) is 0.358. The topological polar surface area (TPSA) is 96.7 Å².